The van der Waals surface area contributed by atoms with Crippen molar-refractivity contribution in [1.82, 2.24) is 0 Å². The predicted molar refractivity (Wildman–Crippen MR) is 88.5 cm³/mol. The van der Waals surface area contributed by atoms with Crippen LogP contribution in [-0.4, -0.2) is 39.1 Å². The minimum Gasteiger partial charge on any atom is -0.464 e. The molecule has 152 valence electrons. The van der Waals surface area contributed by atoms with Gasteiger partial charge in [-0.15, -0.1) is 0 Å². The fraction of sp³-hybridized carbons (Fsp3) is 0.938. The van der Waals surface area contributed by atoms with Crippen LogP contribution in [0.5, 0.6) is 0 Å². The van der Waals surface area contributed by atoms with Gasteiger partial charge in [0.2, 0.25) is 0 Å². The Kier molecular flexibility index (Phi) is 5.90. The minimum atomic E-state index is -5.79. The molecule has 2 aliphatic rings. The first kappa shape index (κ1) is 22.0. The molecule has 0 radical (unpaired) electrons. The van der Waals surface area contributed by atoms with Crippen LogP contribution < -0.4 is 0 Å². The van der Waals surface area contributed by atoms with Gasteiger partial charge >= 0.3 is 18.3 Å². The summed E-state index contributed by atoms with van der Waals surface area (Å²) in [5, 5.41) is 9.61. The van der Waals surface area contributed by atoms with Crippen molar-refractivity contribution >= 4 is 28.6 Å². The lowest BCUT2D eigenvalue weighted by Gasteiger charge is -2.41. The molecule has 0 saturated heterocycles. The third kappa shape index (κ3) is 3.68. The monoisotopic (exact) mass is 502 g/mol. The van der Waals surface area contributed by atoms with E-state index in [2.05, 4.69) is 0 Å². The average molecular weight is 502 g/mol. The zero-order valence-corrected chi connectivity index (χ0v) is 16.4. The molecule has 10 heteroatoms. The Morgan fingerprint density at radius 3 is 2.00 bits per heavy atom. The summed E-state index contributed by atoms with van der Waals surface area (Å²) in [5.41, 5.74) is -4.69. The van der Waals surface area contributed by atoms with Crippen molar-refractivity contribution in [2.24, 2.45) is 23.7 Å². The van der Waals surface area contributed by atoms with Gasteiger partial charge in [0, 0.05) is 5.92 Å². The molecular formula is C16H21F6IO3. The lowest BCUT2D eigenvalue weighted by Crippen LogP contribution is -2.63. The maximum absolute atomic E-state index is 13.1. The number of rotatable bonds is 5. The Labute approximate surface area is 161 Å². The van der Waals surface area contributed by atoms with Crippen LogP contribution in [0.2, 0.25) is 0 Å². The Morgan fingerprint density at radius 1 is 1.08 bits per heavy atom. The number of halogens is 7. The number of carbonyl (C=O) groups excluding carboxylic acids is 1. The zero-order valence-electron chi connectivity index (χ0n) is 14.3. The Balaban J connectivity index is 2.05. The smallest absolute Gasteiger partial charge is 0.426 e. The second kappa shape index (κ2) is 6.97. The third-order valence-corrected chi connectivity index (χ3v) is 7.13. The molecule has 5 unspecified atom stereocenters. The lowest BCUT2D eigenvalue weighted by molar-refractivity contribution is -0.389. The number of ether oxygens (including phenoxy) is 1. The highest BCUT2D eigenvalue weighted by molar-refractivity contribution is 14.1. The van der Waals surface area contributed by atoms with Gasteiger partial charge in [0.1, 0.15) is 3.42 Å². The first-order chi connectivity index (χ1) is 11.6. The van der Waals surface area contributed by atoms with E-state index in [0.29, 0.717) is 6.42 Å². The molecule has 0 aliphatic heterocycles. The number of aliphatic hydroxyl groups is 1. The van der Waals surface area contributed by atoms with Crippen LogP contribution in [0.25, 0.3) is 0 Å². The molecule has 0 amide bonds. The van der Waals surface area contributed by atoms with Crippen LogP contribution in [0.1, 0.15) is 39.5 Å². The number of hydrogen-bond acceptors (Lipinski definition) is 3. The number of esters is 1. The molecular weight excluding hydrogens is 481 g/mol. The van der Waals surface area contributed by atoms with Gasteiger partial charge < -0.3 is 9.84 Å². The Hall–Kier alpha value is -0.260. The molecule has 2 saturated carbocycles. The van der Waals surface area contributed by atoms with Gasteiger partial charge in [-0.1, -0.05) is 29.5 Å². The van der Waals surface area contributed by atoms with Gasteiger partial charge in [-0.2, -0.15) is 26.3 Å². The van der Waals surface area contributed by atoms with Gasteiger partial charge in [-0.3, -0.25) is 4.79 Å². The number of carbonyl (C=O) groups is 1. The van der Waals surface area contributed by atoms with E-state index in [1.807, 2.05) is 29.5 Å². The van der Waals surface area contributed by atoms with E-state index in [4.69, 9.17) is 4.74 Å². The summed E-state index contributed by atoms with van der Waals surface area (Å²) in [7, 11) is 0. The highest BCUT2D eigenvalue weighted by Crippen LogP contribution is 2.61. The van der Waals surface area contributed by atoms with E-state index in [-0.39, 0.29) is 31.8 Å². The second-order valence-electron chi connectivity index (χ2n) is 7.51. The number of hydrogen-bond donors (Lipinski definition) is 1. The van der Waals surface area contributed by atoms with Crippen molar-refractivity contribution in [3.05, 3.63) is 0 Å². The Morgan fingerprint density at radius 2 is 1.62 bits per heavy atom. The van der Waals surface area contributed by atoms with E-state index in [1.165, 1.54) is 0 Å². The van der Waals surface area contributed by atoms with E-state index in [1.54, 1.807) is 6.92 Å². The summed E-state index contributed by atoms with van der Waals surface area (Å²) in [5.74, 6) is -3.94. The summed E-state index contributed by atoms with van der Waals surface area (Å²) >= 11 is 1.95. The van der Waals surface area contributed by atoms with Gasteiger partial charge in [0.15, 0.2) is 0 Å². The summed E-state index contributed by atoms with van der Waals surface area (Å²) in [4.78, 5) is 12.0. The highest BCUT2D eigenvalue weighted by atomic mass is 127. The summed E-state index contributed by atoms with van der Waals surface area (Å²) in [6, 6.07) is 0. The van der Waals surface area contributed by atoms with Gasteiger partial charge in [0.25, 0.3) is 5.60 Å². The maximum Gasteiger partial charge on any atom is 0.426 e. The standard InChI is InChI=1S/C16H21F6IO3/c1-3-13(2,23)12(24)26-7-10-5-9-4-8(10)6-11(9)14(25,15(17,18)19)16(20,21)22/h8-11,25H,3-7H2,1-2H3. The molecule has 0 heterocycles. The second-order valence-corrected chi connectivity index (χ2v) is 9.89. The lowest BCUT2D eigenvalue weighted by atomic mass is 9.72. The molecule has 0 spiro atoms. The Bertz CT molecular complexity index is 531. The third-order valence-electron chi connectivity index (χ3n) is 5.92. The normalized spacial score (nSPS) is 31.8. The summed E-state index contributed by atoms with van der Waals surface area (Å²) in [6.45, 7) is 3.49. The minimum absolute atomic E-state index is 0.0121. The quantitative estimate of drug-likeness (QED) is 0.258. The molecule has 2 rings (SSSR count). The molecule has 5 atom stereocenters. The largest absolute Gasteiger partial charge is 0.464 e. The van der Waals surface area contributed by atoms with Gasteiger partial charge in [-0.05, 0) is 50.4 Å². The van der Waals surface area contributed by atoms with E-state index >= 15 is 0 Å². The molecule has 0 aromatic rings. The summed E-state index contributed by atoms with van der Waals surface area (Å²) < 4.78 is 82.9. The fourth-order valence-electron chi connectivity index (χ4n) is 4.17. The first-order valence-corrected chi connectivity index (χ1v) is 9.45. The van der Waals surface area contributed by atoms with E-state index < -0.39 is 45.1 Å². The fourth-order valence-corrected chi connectivity index (χ4v) is 4.32. The topological polar surface area (TPSA) is 46.5 Å². The van der Waals surface area contributed by atoms with Crippen LogP contribution >= 0.6 is 22.6 Å². The van der Waals surface area contributed by atoms with E-state index in [9.17, 15) is 36.2 Å². The van der Waals surface area contributed by atoms with E-state index in [0.717, 1.165) is 0 Å². The number of fused-ring (bicyclic) bond motifs is 2. The molecule has 2 bridgehead atoms. The molecule has 0 aromatic heterocycles. The van der Waals surface area contributed by atoms with Crippen molar-refractivity contribution in [3.63, 3.8) is 0 Å². The first-order valence-electron chi connectivity index (χ1n) is 8.37. The van der Waals surface area contributed by atoms with Crippen LogP contribution in [0, 0.1) is 23.7 Å². The van der Waals surface area contributed by atoms with Crippen LogP contribution in [0.4, 0.5) is 26.3 Å². The van der Waals surface area contributed by atoms with Crippen molar-refractivity contribution in [2.45, 2.75) is 60.9 Å². The maximum atomic E-state index is 13.1. The summed E-state index contributed by atoms with van der Waals surface area (Å²) in [6.07, 6.45) is -11.1. The van der Waals surface area contributed by atoms with Crippen molar-refractivity contribution in [1.29, 1.82) is 0 Å². The molecule has 2 fully saturated rings. The van der Waals surface area contributed by atoms with Crippen molar-refractivity contribution in [2.75, 3.05) is 6.61 Å². The van der Waals surface area contributed by atoms with Crippen molar-refractivity contribution < 1.29 is 41.0 Å². The average Bonchev–Trinajstić information content (AvgIpc) is 3.09. The van der Waals surface area contributed by atoms with Gasteiger partial charge in [-0.25, -0.2) is 0 Å². The highest BCUT2D eigenvalue weighted by Gasteiger charge is 2.76. The predicted octanol–water partition coefficient (Wildman–Crippen LogP) is 4.65. The molecule has 26 heavy (non-hydrogen) atoms. The van der Waals surface area contributed by atoms with Crippen LogP contribution in [0.15, 0.2) is 0 Å². The SMILES string of the molecule is CCC(C)(I)C(=O)OCC1CC2CC1CC2C(O)(C(F)(F)F)C(F)(F)F. The molecule has 3 nitrogen and oxygen atoms in total. The van der Waals surface area contributed by atoms with Gasteiger partial charge in [0.05, 0.1) is 6.61 Å². The zero-order chi connectivity index (χ0) is 20.1. The molecule has 0 aromatic carbocycles. The van der Waals surface area contributed by atoms with Crippen molar-refractivity contribution in [3.8, 4) is 0 Å². The molecule has 2 aliphatic carbocycles. The van der Waals surface area contributed by atoms with Crippen LogP contribution in [-0.2, 0) is 9.53 Å². The van der Waals surface area contributed by atoms with Crippen LogP contribution in [0.3, 0.4) is 0 Å². The molecule has 1 N–H and O–H groups in total. The number of alkyl halides is 7.